The SMILES string of the molecule is CCC(C)C(C)CCn1cc(-c2ccc(F)c(C(F)(F)F)c2)nc1C1CCN(c2ncnc(N)c2C(C)C)CC1F. The zero-order valence-electron chi connectivity index (χ0n) is 24.2. The molecule has 0 saturated carbocycles. The second-order valence-electron chi connectivity index (χ2n) is 11.5. The van der Waals surface area contributed by atoms with E-state index in [0.717, 1.165) is 30.5 Å². The van der Waals surface area contributed by atoms with Crippen LogP contribution in [0.15, 0.2) is 30.7 Å². The van der Waals surface area contributed by atoms with E-state index in [4.69, 9.17) is 5.73 Å². The molecule has 0 bridgehead atoms. The van der Waals surface area contributed by atoms with Gasteiger partial charge in [-0.05, 0) is 48.8 Å². The molecular weight excluding hydrogens is 539 g/mol. The second-order valence-corrected chi connectivity index (χ2v) is 11.5. The molecule has 0 amide bonds. The van der Waals surface area contributed by atoms with Crippen LogP contribution in [-0.2, 0) is 12.7 Å². The first-order valence-corrected chi connectivity index (χ1v) is 14.2. The molecule has 11 heteroatoms. The number of anilines is 2. The Labute approximate surface area is 238 Å². The fourth-order valence-electron chi connectivity index (χ4n) is 5.57. The summed E-state index contributed by atoms with van der Waals surface area (Å²) in [5.41, 5.74) is 5.95. The second kappa shape index (κ2) is 12.3. The van der Waals surface area contributed by atoms with Crippen molar-refractivity contribution in [2.45, 2.75) is 84.6 Å². The molecule has 41 heavy (non-hydrogen) atoms. The summed E-state index contributed by atoms with van der Waals surface area (Å²) in [5, 5.41) is 0. The number of nitrogen functional groups attached to an aromatic ring is 1. The molecule has 6 nitrogen and oxygen atoms in total. The zero-order chi connectivity index (χ0) is 30.1. The van der Waals surface area contributed by atoms with Gasteiger partial charge in [-0.15, -0.1) is 0 Å². The van der Waals surface area contributed by atoms with Gasteiger partial charge >= 0.3 is 6.18 Å². The van der Waals surface area contributed by atoms with E-state index < -0.39 is 29.6 Å². The number of hydrogen-bond donors (Lipinski definition) is 1. The summed E-state index contributed by atoms with van der Waals surface area (Å²) < 4.78 is 72.1. The smallest absolute Gasteiger partial charge is 0.383 e. The fourth-order valence-corrected chi connectivity index (χ4v) is 5.57. The average molecular weight is 579 g/mol. The predicted octanol–water partition coefficient (Wildman–Crippen LogP) is 7.61. The standard InChI is InChI=1S/C30H39F5N6/c1-6-18(4)19(5)9-11-41-15-25(20-7-8-23(31)22(13-20)30(33,34)35)39-28(41)21-10-12-40(14-24(21)32)29-26(17(2)3)27(36)37-16-38-29/h7-8,13,15-19,21,24H,6,9-12,14H2,1-5H3,(H2,36,37,38). The van der Waals surface area contributed by atoms with Gasteiger partial charge in [0.2, 0.25) is 0 Å². The van der Waals surface area contributed by atoms with Crippen LogP contribution in [0.3, 0.4) is 0 Å². The summed E-state index contributed by atoms with van der Waals surface area (Å²) >= 11 is 0. The van der Waals surface area contributed by atoms with Crippen molar-refractivity contribution in [2.75, 3.05) is 23.7 Å². The van der Waals surface area contributed by atoms with Crippen molar-refractivity contribution in [1.29, 1.82) is 0 Å². The Morgan fingerprint density at radius 2 is 1.83 bits per heavy atom. The quantitative estimate of drug-likeness (QED) is 0.265. The van der Waals surface area contributed by atoms with Crippen LogP contribution in [-0.4, -0.2) is 38.8 Å². The monoisotopic (exact) mass is 578 g/mol. The van der Waals surface area contributed by atoms with Gasteiger partial charge in [0.15, 0.2) is 0 Å². The Morgan fingerprint density at radius 1 is 1.10 bits per heavy atom. The number of piperidine rings is 1. The molecule has 3 aromatic rings. The summed E-state index contributed by atoms with van der Waals surface area (Å²) in [6.07, 6.45) is -0.832. The van der Waals surface area contributed by atoms with E-state index in [1.165, 1.54) is 12.4 Å². The molecule has 0 aliphatic carbocycles. The van der Waals surface area contributed by atoms with Crippen molar-refractivity contribution in [2.24, 2.45) is 11.8 Å². The maximum atomic E-state index is 16.0. The highest BCUT2D eigenvalue weighted by Crippen LogP contribution is 2.38. The topological polar surface area (TPSA) is 72.9 Å². The number of nitrogens with zero attached hydrogens (tertiary/aromatic N) is 5. The van der Waals surface area contributed by atoms with E-state index in [0.29, 0.717) is 48.8 Å². The molecule has 1 aromatic carbocycles. The van der Waals surface area contributed by atoms with Gasteiger partial charge in [-0.3, -0.25) is 0 Å². The lowest BCUT2D eigenvalue weighted by atomic mass is 9.90. The lowest BCUT2D eigenvalue weighted by molar-refractivity contribution is -0.139. The molecule has 0 radical (unpaired) electrons. The minimum atomic E-state index is -4.84. The molecule has 2 aromatic heterocycles. The number of benzene rings is 1. The molecule has 4 unspecified atom stereocenters. The van der Waals surface area contributed by atoms with Crippen LogP contribution in [0.1, 0.15) is 82.7 Å². The van der Waals surface area contributed by atoms with Gasteiger partial charge in [0.05, 0.1) is 23.7 Å². The molecule has 0 spiro atoms. The molecule has 3 heterocycles. The van der Waals surface area contributed by atoms with Gasteiger partial charge in [-0.25, -0.2) is 23.7 Å². The molecule has 1 aliphatic heterocycles. The lowest BCUT2D eigenvalue weighted by Gasteiger charge is -2.36. The molecule has 224 valence electrons. The number of imidazole rings is 1. The first-order valence-electron chi connectivity index (χ1n) is 14.2. The van der Waals surface area contributed by atoms with Crippen LogP contribution in [0.2, 0.25) is 0 Å². The van der Waals surface area contributed by atoms with E-state index in [9.17, 15) is 17.6 Å². The minimum Gasteiger partial charge on any atom is -0.383 e. The van der Waals surface area contributed by atoms with Crippen molar-refractivity contribution >= 4 is 11.6 Å². The first-order chi connectivity index (χ1) is 19.3. The van der Waals surface area contributed by atoms with Crippen LogP contribution >= 0.6 is 0 Å². The average Bonchev–Trinajstić information content (AvgIpc) is 3.34. The van der Waals surface area contributed by atoms with Crippen molar-refractivity contribution in [3.8, 4) is 11.3 Å². The van der Waals surface area contributed by atoms with Gasteiger partial charge in [0.25, 0.3) is 0 Å². The zero-order valence-corrected chi connectivity index (χ0v) is 24.2. The Kier molecular flexibility index (Phi) is 9.23. The number of nitrogens with two attached hydrogens (primary N) is 1. The predicted molar refractivity (Wildman–Crippen MR) is 151 cm³/mol. The number of aromatic nitrogens is 4. The lowest BCUT2D eigenvalue weighted by Crippen LogP contribution is -2.42. The Bertz CT molecular complexity index is 1340. The summed E-state index contributed by atoms with van der Waals surface area (Å²) in [7, 11) is 0. The number of halogens is 5. The van der Waals surface area contributed by atoms with Gasteiger partial charge < -0.3 is 15.2 Å². The molecule has 1 fully saturated rings. The summed E-state index contributed by atoms with van der Waals surface area (Å²) in [6.45, 7) is 11.6. The number of aryl methyl sites for hydroxylation is 1. The van der Waals surface area contributed by atoms with Crippen molar-refractivity contribution in [1.82, 2.24) is 19.5 Å². The highest BCUT2D eigenvalue weighted by Gasteiger charge is 2.37. The summed E-state index contributed by atoms with van der Waals surface area (Å²) in [6, 6.07) is 2.86. The normalized spacial score (nSPS) is 19.5. The maximum Gasteiger partial charge on any atom is 0.419 e. The van der Waals surface area contributed by atoms with Crippen LogP contribution in [0.4, 0.5) is 33.6 Å². The fraction of sp³-hybridized carbons (Fsp3) is 0.567. The van der Waals surface area contributed by atoms with E-state index in [1.54, 1.807) is 6.20 Å². The third-order valence-corrected chi connectivity index (χ3v) is 8.46. The number of rotatable bonds is 9. The first kappa shape index (κ1) is 30.7. The highest BCUT2D eigenvalue weighted by atomic mass is 19.4. The number of alkyl halides is 4. The third-order valence-electron chi connectivity index (χ3n) is 8.46. The van der Waals surface area contributed by atoms with E-state index in [1.807, 2.05) is 23.3 Å². The highest BCUT2D eigenvalue weighted by molar-refractivity contribution is 5.61. The van der Waals surface area contributed by atoms with Crippen LogP contribution in [0.25, 0.3) is 11.3 Å². The summed E-state index contributed by atoms with van der Waals surface area (Å²) in [5.74, 6) is 0.499. The van der Waals surface area contributed by atoms with E-state index >= 15 is 4.39 Å². The van der Waals surface area contributed by atoms with Crippen molar-refractivity contribution < 1.29 is 22.0 Å². The van der Waals surface area contributed by atoms with Crippen molar-refractivity contribution in [3.63, 3.8) is 0 Å². The van der Waals surface area contributed by atoms with Crippen LogP contribution in [0, 0.1) is 17.7 Å². The minimum absolute atomic E-state index is 0.0493. The third kappa shape index (κ3) is 6.64. The van der Waals surface area contributed by atoms with E-state index in [-0.39, 0.29) is 23.7 Å². The molecule has 1 saturated heterocycles. The molecular formula is C30H39F5N6. The maximum absolute atomic E-state index is 16.0. The largest absolute Gasteiger partial charge is 0.419 e. The van der Waals surface area contributed by atoms with Crippen LogP contribution in [0.5, 0.6) is 0 Å². The Hall–Kier alpha value is -3.24. The Morgan fingerprint density at radius 3 is 2.46 bits per heavy atom. The molecule has 1 aliphatic rings. The van der Waals surface area contributed by atoms with Crippen LogP contribution < -0.4 is 10.6 Å². The van der Waals surface area contributed by atoms with Gasteiger partial charge in [0.1, 0.15) is 35.8 Å². The molecule has 4 atom stereocenters. The molecule has 2 N–H and O–H groups in total. The number of hydrogen-bond acceptors (Lipinski definition) is 5. The van der Waals surface area contributed by atoms with Crippen molar-refractivity contribution in [3.05, 3.63) is 53.5 Å². The molecule has 4 rings (SSSR count). The van der Waals surface area contributed by atoms with Gasteiger partial charge in [-0.1, -0.05) is 41.0 Å². The Balaban J connectivity index is 1.67. The van der Waals surface area contributed by atoms with Gasteiger partial charge in [-0.2, -0.15) is 13.2 Å². The summed E-state index contributed by atoms with van der Waals surface area (Å²) in [4.78, 5) is 15.1. The van der Waals surface area contributed by atoms with E-state index in [2.05, 4.69) is 35.7 Å². The van der Waals surface area contributed by atoms with Gasteiger partial charge in [0, 0.05) is 30.4 Å².